The minimum atomic E-state index is -0.130. The fourth-order valence-electron chi connectivity index (χ4n) is 3.90. The summed E-state index contributed by atoms with van der Waals surface area (Å²) in [5.41, 5.74) is 11.5. The summed E-state index contributed by atoms with van der Waals surface area (Å²) >= 11 is 0. The molecule has 1 aliphatic heterocycles. The molecule has 19 heavy (non-hydrogen) atoms. The van der Waals surface area contributed by atoms with Crippen LogP contribution < -0.4 is 11.5 Å². The number of nitrogens with two attached hydrogens (primary N) is 2. The maximum absolute atomic E-state index is 11.5. The van der Waals surface area contributed by atoms with Gasteiger partial charge in [0.25, 0.3) is 0 Å². The average Bonchev–Trinajstić information content (AvgIpc) is 2.64. The number of rotatable bonds is 3. The summed E-state index contributed by atoms with van der Waals surface area (Å²) < 4.78 is 0. The van der Waals surface area contributed by atoms with Gasteiger partial charge in [-0.25, -0.2) is 0 Å². The Kier molecular flexibility index (Phi) is 5.22. The van der Waals surface area contributed by atoms with Gasteiger partial charge in [0.15, 0.2) is 0 Å². The van der Waals surface area contributed by atoms with Crippen LogP contribution >= 0.6 is 0 Å². The smallest absolute Gasteiger partial charge is 0.221 e. The van der Waals surface area contributed by atoms with Crippen LogP contribution in [-0.4, -0.2) is 36.0 Å². The predicted octanol–water partition coefficient (Wildman–Crippen LogP) is 1.48. The molecule has 4 unspecified atom stereocenters. The summed E-state index contributed by atoms with van der Waals surface area (Å²) in [6, 6.07) is 1.12. The van der Waals surface area contributed by atoms with Crippen molar-refractivity contribution in [2.24, 2.45) is 23.3 Å². The van der Waals surface area contributed by atoms with E-state index in [2.05, 4.69) is 11.8 Å². The Balaban J connectivity index is 2.08. The maximum atomic E-state index is 11.5. The van der Waals surface area contributed by atoms with Gasteiger partial charge in [-0.1, -0.05) is 19.3 Å². The maximum Gasteiger partial charge on any atom is 0.221 e. The van der Waals surface area contributed by atoms with E-state index in [1.807, 2.05) is 0 Å². The molecule has 0 aromatic heterocycles. The number of primary amides is 1. The molecule has 0 spiro atoms. The molecule has 2 fully saturated rings. The van der Waals surface area contributed by atoms with Crippen LogP contribution in [0.4, 0.5) is 0 Å². The van der Waals surface area contributed by atoms with Gasteiger partial charge in [-0.2, -0.15) is 0 Å². The highest BCUT2D eigenvalue weighted by Gasteiger charge is 2.36. The van der Waals surface area contributed by atoms with Crippen molar-refractivity contribution >= 4 is 5.91 Å². The lowest BCUT2D eigenvalue weighted by molar-refractivity contribution is -0.124. The summed E-state index contributed by atoms with van der Waals surface area (Å²) in [7, 11) is 0. The lowest BCUT2D eigenvalue weighted by atomic mass is 9.86. The number of nitrogens with zero attached hydrogens (tertiary/aromatic N) is 1. The predicted molar refractivity (Wildman–Crippen MR) is 77.5 cm³/mol. The molecule has 1 aliphatic carbocycles. The summed E-state index contributed by atoms with van der Waals surface area (Å²) in [4.78, 5) is 14.0. The first kappa shape index (κ1) is 14.8. The number of carbonyl (C=O) groups excluding carboxylic acids is 1. The minimum Gasteiger partial charge on any atom is -0.369 e. The Labute approximate surface area is 116 Å². The second kappa shape index (κ2) is 6.71. The van der Waals surface area contributed by atoms with E-state index >= 15 is 0 Å². The van der Waals surface area contributed by atoms with Gasteiger partial charge in [0.2, 0.25) is 5.91 Å². The van der Waals surface area contributed by atoms with Crippen molar-refractivity contribution in [2.45, 2.75) is 64.0 Å². The molecule has 1 heterocycles. The summed E-state index contributed by atoms with van der Waals surface area (Å²) in [5.74, 6) is 0.504. The fraction of sp³-hybridized carbons (Fsp3) is 0.933. The minimum absolute atomic E-state index is 0.0397. The second-order valence-electron chi connectivity index (χ2n) is 6.42. The van der Waals surface area contributed by atoms with E-state index in [1.54, 1.807) is 0 Å². The third-order valence-corrected chi connectivity index (χ3v) is 5.18. The Hall–Kier alpha value is -0.610. The third-order valence-electron chi connectivity index (χ3n) is 5.18. The Morgan fingerprint density at radius 1 is 1.16 bits per heavy atom. The van der Waals surface area contributed by atoms with E-state index in [4.69, 9.17) is 11.5 Å². The highest BCUT2D eigenvalue weighted by molar-refractivity contribution is 5.77. The van der Waals surface area contributed by atoms with Gasteiger partial charge in [-0.3, -0.25) is 9.69 Å². The molecule has 4 atom stereocenters. The van der Waals surface area contributed by atoms with E-state index < -0.39 is 0 Å². The number of piperidine rings is 1. The van der Waals surface area contributed by atoms with Crippen molar-refractivity contribution in [3.05, 3.63) is 0 Å². The average molecular weight is 267 g/mol. The molecule has 4 heteroatoms. The van der Waals surface area contributed by atoms with Crippen molar-refractivity contribution in [3.63, 3.8) is 0 Å². The van der Waals surface area contributed by atoms with Gasteiger partial charge in [-0.05, 0) is 45.1 Å². The van der Waals surface area contributed by atoms with Crippen LogP contribution in [0.25, 0.3) is 0 Å². The van der Waals surface area contributed by atoms with Gasteiger partial charge < -0.3 is 11.5 Å². The van der Waals surface area contributed by atoms with Crippen molar-refractivity contribution in [1.82, 2.24) is 4.90 Å². The number of hydrogen-bond donors (Lipinski definition) is 2. The van der Waals surface area contributed by atoms with Crippen molar-refractivity contribution in [1.29, 1.82) is 0 Å². The van der Waals surface area contributed by atoms with Gasteiger partial charge in [0, 0.05) is 18.6 Å². The first-order valence-electron chi connectivity index (χ1n) is 7.88. The Morgan fingerprint density at radius 2 is 1.89 bits per heavy atom. The lowest BCUT2D eigenvalue weighted by Crippen LogP contribution is -2.53. The molecule has 1 amide bonds. The first-order chi connectivity index (χ1) is 9.13. The first-order valence-corrected chi connectivity index (χ1v) is 7.88. The Morgan fingerprint density at radius 3 is 2.58 bits per heavy atom. The zero-order valence-corrected chi connectivity index (χ0v) is 12.2. The molecule has 2 rings (SSSR count). The Bertz CT molecular complexity index is 308. The normalized spacial score (nSPS) is 37.8. The summed E-state index contributed by atoms with van der Waals surface area (Å²) in [6.45, 7) is 3.91. The lowest BCUT2D eigenvalue weighted by Gasteiger charge is -2.44. The van der Waals surface area contributed by atoms with Gasteiger partial charge in [0.05, 0.1) is 5.92 Å². The van der Waals surface area contributed by atoms with E-state index in [0.29, 0.717) is 18.0 Å². The van der Waals surface area contributed by atoms with Crippen molar-refractivity contribution < 1.29 is 4.79 Å². The molecule has 2 aliphatic rings. The molecule has 0 radical (unpaired) electrons. The number of likely N-dealkylation sites (tertiary alicyclic amines) is 1. The zero-order chi connectivity index (χ0) is 13.8. The van der Waals surface area contributed by atoms with Crippen LogP contribution in [-0.2, 0) is 4.79 Å². The molecule has 4 nitrogen and oxygen atoms in total. The second-order valence-corrected chi connectivity index (χ2v) is 6.42. The molecule has 0 bridgehead atoms. The van der Waals surface area contributed by atoms with Gasteiger partial charge in [-0.15, -0.1) is 0 Å². The van der Waals surface area contributed by atoms with Gasteiger partial charge in [0.1, 0.15) is 0 Å². The van der Waals surface area contributed by atoms with Crippen LogP contribution in [0.15, 0.2) is 0 Å². The molecule has 110 valence electrons. The topological polar surface area (TPSA) is 72.4 Å². The van der Waals surface area contributed by atoms with Crippen LogP contribution in [0, 0.1) is 11.8 Å². The van der Waals surface area contributed by atoms with Crippen LogP contribution in [0.2, 0.25) is 0 Å². The molecule has 4 N–H and O–H groups in total. The SMILES string of the molecule is CC1CCC(C(N)=O)CN1C1CCCCCC1CN. The molecular formula is C15H29N3O. The van der Waals surface area contributed by atoms with Gasteiger partial charge >= 0.3 is 0 Å². The fourth-order valence-corrected chi connectivity index (χ4v) is 3.90. The largest absolute Gasteiger partial charge is 0.369 e. The molecule has 0 aromatic carbocycles. The van der Waals surface area contributed by atoms with Crippen LogP contribution in [0.1, 0.15) is 51.9 Å². The quantitative estimate of drug-likeness (QED) is 0.761. The molecule has 1 saturated carbocycles. The van der Waals surface area contributed by atoms with E-state index in [9.17, 15) is 4.79 Å². The van der Waals surface area contributed by atoms with Crippen molar-refractivity contribution in [3.8, 4) is 0 Å². The molecule has 0 aromatic rings. The highest BCUT2D eigenvalue weighted by atomic mass is 16.1. The standard InChI is InChI=1S/C15H29N3O/c1-11-7-8-13(15(17)19)10-18(11)14-6-4-2-3-5-12(14)9-16/h11-14H,2-10,16H2,1H3,(H2,17,19). The monoisotopic (exact) mass is 267 g/mol. The van der Waals surface area contributed by atoms with E-state index in [0.717, 1.165) is 25.9 Å². The van der Waals surface area contributed by atoms with E-state index in [-0.39, 0.29) is 11.8 Å². The third kappa shape index (κ3) is 3.48. The molecule has 1 saturated heterocycles. The number of carbonyl (C=O) groups is 1. The zero-order valence-electron chi connectivity index (χ0n) is 12.2. The number of amides is 1. The number of hydrogen-bond acceptors (Lipinski definition) is 3. The highest BCUT2D eigenvalue weighted by Crippen LogP contribution is 2.32. The summed E-state index contributed by atoms with van der Waals surface area (Å²) in [6.07, 6.45) is 8.44. The van der Waals surface area contributed by atoms with Crippen LogP contribution in [0.5, 0.6) is 0 Å². The van der Waals surface area contributed by atoms with Crippen LogP contribution in [0.3, 0.4) is 0 Å². The van der Waals surface area contributed by atoms with E-state index in [1.165, 1.54) is 32.1 Å². The summed E-state index contributed by atoms with van der Waals surface area (Å²) in [5, 5.41) is 0. The molecular weight excluding hydrogens is 238 g/mol. The van der Waals surface area contributed by atoms with Crippen molar-refractivity contribution in [2.75, 3.05) is 13.1 Å².